The number of hydrogen-bond donors (Lipinski definition) is 1. The van der Waals surface area contributed by atoms with Gasteiger partial charge < -0.3 is 14.7 Å². The number of halogens is 2. The van der Waals surface area contributed by atoms with Crippen LogP contribution < -0.4 is 9.80 Å². The van der Waals surface area contributed by atoms with Crippen molar-refractivity contribution in [2.24, 2.45) is 0 Å². The highest BCUT2D eigenvalue weighted by molar-refractivity contribution is 7.85. The summed E-state index contributed by atoms with van der Waals surface area (Å²) in [5.74, 6) is -0.639. The van der Waals surface area contributed by atoms with Crippen LogP contribution in [0.1, 0.15) is 6.42 Å². The molecule has 0 saturated carbocycles. The van der Waals surface area contributed by atoms with Gasteiger partial charge in [-0.1, -0.05) is 0 Å². The highest BCUT2D eigenvalue weighted by Crippen LogP contribution is 2.30. The number of amides is 1. The van der Waals surface area contributed by atoms with Gasteiger partial charge in [-0.15, -0.1) is 0 Å². The molecule has 2 fully saturated rings. The molecule has 27 heavy (non-hydrogen) atoms. The normalized spacial score (nSPS) is 26.4. The van der Waals surface area contributed by atoms with E-state index in [9.17, 15) is 27.1 Å². The lowest BCUT2D eigenvalue weighted by molar-refractivity contribution is 0.0614. The van der Waals surface area contributed by atoms with Crippen LogP contribution in [-0.2, 0) is 19.0 Å². The Labute approximate surface area is 155 Å². The number of piperidine rings is 1. The molecule has 1 aromatic carbocycles. The Bertz CT molecular complexity index is 821. The quantitative estimate of drug-likeness (QED) is 0.730. The predicted octanol–water partition coefficient (Wildman–Crippen LogP) is 1.04. The zero-order valence-electron chi connectivity index (χ0n) is 14.5. The van der Waals surface area contributed by atoms with Crippen LogP contribution in [0.4, 0.5) is 25.0 Å². The molecule has 2 saturated heterocycles. The molecular weight excluding hydrogens is 386 g/mol. The lowest BCUT2D eigenvalue weighted by Crippen LogP contribution is -2.45. The van der Waals surface area contributed by atoms with Crippen molar-refractivity contribution < 1.29 is 36.0 Å². The fourth-order valence-electron chi connectivity index (χ4n) is 3.05. The molecule has 2 heterocycles. The Morgan fingerprint density at radius 1 is 1.37 bits per heavy atom. The van der Waals surface area contributed by atoms with Crippen LogP contribution in [0.2, 0.25) is 0 Å². The molecule has 0 aliphatic carbocycles. The number of ether oxygens (including phenoxy) is 1. The maximum absolute atomic E-state index is 14.5. The van der Waals surface area contributed by atoms with E-state index in [1.165, 1.54) is 21.9 Å². The maximum Gasteiger partial charge on any atom is 0.414 e. The van der Waals surface area contributed by atoms with Crippen molar-refractivity contribution >= 4 is 27.6 Å². The number of carbonyl (C=O) groups is 1. The molecule has 0 spiro atoms. The summed E-state index contributed by atoms with van der Waals surface area (Å²) in [7, 11) is -3.67. The van der Waals surface area contributed by atoms with Gasteiger partial charge in [0.1, 0.15) is 24.7 Å². The van der Waals surface area contributed by atoms with Crippen molar-refractivity contribution in [3.05, 3.63) is 24.0 Å². The highest BCUT2D eigenvalue weighted by Gasteiger charge is 2.34. The van der Waals surface area contributed by atoms with Gasteiger partial charge in [0, 0.05) is 6.54 Å². The minimum absolute atomic E-state index is 0.00952. The van der Waals surface area contributed by atoms with Gasteiger partial charge in [-0.2, -0.15) is 8.42 Å². The number of benzene rings is 1. The van der Waals surface area contributed by atoms with Gasteiger partial charge in [-0.3, -0.25) is 9.08 Å². The van der Waals surface area contributed by atoms with Crippen molar-refractivity contribution in [3.63, 3.8) is 0 Å². The van der Waals surface area contributed by atoms with E-state index in [0.29, 0.717) is 6.54 Å². The molecule has 0 bridgehead atoms. The minimum Gasteiger partial charge on any atom is -0.441 e. The molecule has 1 amide bonds. The Morgan fingerprint density at radius 3 is 2.74 bits per heavy atom. The fourth-order valence-corrected chi connectivity index (χ4v) is 3.45. The second-order valence-electron chi connectivity index (χ2n) is 6.56. The molecule has 11 heteroatoms. The van der Waals surface area contributed by atoms with Crippen molar-refractivity contribution in [1.29, 1.82) is 0 Å². The lowest BCUT2D eigenvalue weighted by atomic mass is 10.1. The average molecular weight is 406 g/mol. The summed E-state index contributed by atoms with van der Waals surface area (Å²) < 4.78 is 59.9. The van der Waals surface area contributed by atoms with E-state index >= 15 is 0 Å². The minimum atomic E-state index is -3.67. The molecule has 3 atom stereocenters. The maximum atomic E-state index is 14.5. The topological polar surface area (TPSA) is 96.4 Å². The van der Waals surface area contributed by atoms with Crippen LogP contribution in [0.25, 0.3) is 0 Å². The largest absolute Gasteiger partial charge is 0.441 e. The van der Waals surface area contributed by atoms with E-state index in [1.54, 1.807) is 0 Å². The molecular formula is C16H20F2N2O6S. The van der Waals surface area contributed by atoms with Crippen LogP contribution >= 0.6 is 0 Å². The van der Waals surface area contributed by atoms with Gasteiger partial charge in [0.2, 0.25) is 0 Å². The number of hydrogen-bond acceptors (Lipinski definition) is 7. The third-order valence-corrected chi connectivity index (χ3v) is 5.00. The second-order valence-corrected chi connectivity index (χ2v) is 8.20. The monoisotopic (exact) mass is 406 g/mol. The van der Waals surface area contributed by atoms with Gasteiger partial charge in [0.25, 0.3) is 10.1 Å². The second kappa shape index (κ2) is 7.56. The first-order valence-electron chi connectivity index (χ1n) is 8.33. The molecule has 3 rings (SSSR count). The van der Waals surface area contributed by atoms with E-state index in [1.807, 2.05) is 0 Å². The van der Waals surface area contributed by atoms with Crippen molar-refractivity contribution in [1.82, 2.24) is 0 Å². The lowest BCUT2D eigenvalue weighted by Gasteiger charge is -2.34. The number of alkyl halides is 1. The molecule has 8 nitrogen and oxygen atoms in total. The molecule has 1 N–H and O–H groups in total. The standard InChI is InChI=1S/C16H20F2N2O6S/c1-27(23,24)25-9-11-7-20(16(22)26-11)10-2-3-14(12(17)6-10)19-5-4-15(21)13(18)8-19/h2-3,6,11,13,15,21H,4-5,7-9H2,1H3. The third kappa shape index (κ3) is 4.66. The number of rotatable bonds is 5. The summed E-state index contributed by atoms with van der Waals surface area (Å²) in [5.41, 5.74) is 0.412. The number of nitrogens with zero attached hydrogens (tertiary/aromatic N) is 2. The van der Waals surface area contributed by atoms with Crippen LogP contribution in [0, 0.1) is 5.82 Å². The molecule has 2 aliphatic heterocycles. The van der Waals surface area contributed by atoms with E-state index in [4.69, 9.17) is 4.74 Å². The molecule has 150 valence electrons. The van der Waals surface area contributed by atoms with Crippen molar-refractivity contribution in [3.8, 4) is 0 Å². The first kappa shape index (κ1) is 19.8. The summed E-state index contributed by atoms with van der Waals surface area (Å²) in [6, 6.07) is 4.06. The Balaban J connectivity index is 1.69. The van der Waals surface area contributed by atoms with Gasteiger partial charge in [0.15, 0.2) is 0 Å². The first-order chi connectivity index (χ1) is 12.6. The van der Waals surface area contributed by atoms with Gasteiger partial charge in [0.05, 0.1) is 36.8 Å². The summed E-state index contributed by atoms with van der Waals surface area (Å²) in [4.78, 5) is 14.6. The van der Waals surface area contributed by atoms with Crippen LogP contribution in [0.5, 0.6) is 0 Å². The number of aliphatic hydroxyl groups is 1. The van der Waals surface area contributed by atoms with Gasteiger partial charge in [-0.25, -0.2) is 13.6 Å². The Kier molecular flexibility index (Phi) is 5.54. The van der Waals surface area contributed by atoms with Crippen molar-refractivity contribution in [2.75, 3.05) is 42.3 Å². The van der Waals surface area contributed by atoms with E-state index < -0.39 is 40.4 Å². The van der Waals surface area contributed by atoms with Crippen molar-refractivity contribution in [2.45, 2.75) is 24.8 Å². The number of anilines is 2. The zero-order chi connectivity index (χ0) is 19.8. The third-order valence-electron chi connectivity index (χ3n) is 4.43. The number of cyclic esters (lactones) is 1. The molecule has 1 aromatic rings. The van der Waals surface area contributed by atoms with Crippen LogP contribution in [-0.4, -0.2) is 70.5 Å². The van der Waals surface area contributed by atoms with Gasteiger partial charge in [-0.05, 0) is 24.6 Å². The smallest absolute Gasteiger partial charge is 0.414 e. The SMILES string of the molecule is CS(=O)(=O)OCC1CN(c2ccc(N3CCC(O)C(F)C3)c(F)c2)C(=O)O1. The highest BCUT2D eigenvalue weighted by atomic mass is 32.2. The predicted molar refractivity (Wildman–Crippen MR) is 92.5 cm³/mol. The number of aliphatic hydroxyl groups excluding tert-OH is 1. The number of carbonyl (C=O) groups excluding carboxylic acids is 1. The van der Waals surface area contributed by atoms with Crippen LogP contribution in [0.15, 0.2) is 18.2 Å². The van der Waals surface area contributed by atoms with E-state index in [0.717, 1.165) is 12.3 Å². The summed E-state index contributed by atoms with van der Waals surface area (Å²) in [5, 5.41) is 9.45. The molecule has 0 radical (unpaired) electrons. The first-order valence-corrected chi connectivity index (χ1v) is 10.1. The summed E-state index contributed by atoms with van der Waals surface area (Å²) >= 11 is 0. The Morgan fingerprint density at radius 2 is 2.11 bits per heavy atom. The Hall–Kier alpha value is -1.98. The average Bonchev–Trinajstić information content (AvgIpc) is 2.96. The summed E-state index contributed by atoms with van der Waals surface area (Å²) in [6.45, 7) is -0.117. The molecule has 2 aliphatic rings. The zero-order valence-corrected chi connectivity index (χ0v) is 15.4. The molecule has 3 unspecified atom stereocenters. The van der Waals surface area contributed by atoms with E-state index in [2.05, 4.69) is 4.18 Å². The fraction of sp³-hybridized carbons (Fsp3) is 0.562. The molecule has 0 aromatic heterocycles. The van der Waals surface area contributed by atoms with Gasteiger partial charge >= 0.3 is 6.09 Å². The van der Waals surface area contributed by atoms with Crippen LogP contribution in [0.3, 0.4) is 0 Å². The summed E-state index contributed by atoms with van der Waals surface area (Å²) in [6.07, 6.45) is -2.96. The van der Waals surface area contributed by atoms with E-state index in [-0.39, 0.29) is 37.5 Å².